The van der Waals surface area contributed by atoms with Crippen molar-refractivity contribution in [3.8, 4) is 16.9 Å². The van der Waals surface area contributed by atoms with E-state index >= 15 is 0 Å². The van der Waals surface area contributed by atoms with E-state index in [1.54, 1.807) is 28.0 Å². The molecule has 0 saturated carbocycles. The van der Waals surface area contributed by atoms with Gasteiger partial charge in [0.25, 0.3) is 0 Å². The van der Waals surface area contributed by atoms with Crippen LogP contribution in [0.4, 0.5) is 5.69 Å². The molecule has 0 atom stereocenters. The van der Waals surface area contributed by atoms with E-state index in [0.29, 0.717) is 5.69 Å². The maximum absolute atomic E-state index is 6.05. The normalized spacial score (nSPS) is 10.8. The van der Waals surface area contributed by atoms with E-state index in [1.165, 1.54) is 0 Å². The lowest BCUT2D eigenvalue weighted by atomic mass is 10.2. The minimum Gasteiger partial charge on any atom is -0.396 e. The van der Waals surface area contributed by atoms with E-state index in [0.717, 1.165) is 22.6 Å². The Hall–Kier alpha value is -2.63. The van der Waals surface area contributed by atoms with Gasteiger partial charge in [0.1, 0.15) is 5.69 Å². The summed E-state index contributed by atoms with van der Waals surface area (Å²) in [6.07, 6.45) is 7.17. The molecule has 0 aliphatic rings. The highest BCUT2D eigenvalue weighted by Crippen LogP contribution is 2.27. The molecule has 0 amide bonds. The Bertz CT molecular complexity index is 710. The van der Waals surface area contributed by atoms with E-state index in [9.17, 15) is 0 Å². The molecule has 96 valence electrons. The summed E-state index contributed by atoms with van der Waals surface area (Å²) in [4.78, 5) is 3.99. The molecular weight excluding hydrogens is 240 g/mol. The van der Waals surface area contributed by atoms with Crippen LogP contribution in [-0.2, 0) is 7.05 Å². The fourth-order valence-corrected chi connectivity index (χ4v) is 2.06. The first-order valence-electron chi connectivity index (χ1n) is 5.91. The zero-order valence-corrected chi connectivity index (χ0v) is 10.8. The Labute approximate surface area is 110 Å². The zero-order valence-electron chi connectivity index (χ0n) is 10.8. The Morgan fingerprint density at radius 2 is 1.84 bits per heavy atom. The van der Waals surface area contributed by atoms with Gasteiger partial charge in [-0.15, -0.1) is 0 Å². The van der Waals surface area contributed by atoms with Gasteiger partial charge >= 0.3 is 0 Å². The molecule has 0 aromatic carbocycles. The Kier molecular flexibility index (Phi) is 2.56. The summed E-state index contributed by atoms with van der Waals surface area (Å²) < 4.78 is 3.51. The number of hydrogen-bond acceptors (Lipinski definition) is 4. The van der Waals surface area contributed by atoms with Gasteiger partial charge in [-0.1, -0.05) is 0 Å². The van der Waals surface area contributed by atoms with Crippen LogP contribution in [0, 0.1) is 6.92 Å². The van der Waals surface area contributed by atoms with E-state index in [1.807, 2.05) is 32.3 Å². The van der Waals surface area contributed by atoms with Crippen LogP contribution in [0.2, 0.25) is 0 Å². The van der Waals surface area contributed by atoms with Gasteiger partial charge in [0.2, 0.25) is 0 Å². The molecule has 0 aliphatic carbocycles. The standard InChI is InChI=1S/C13H14N6/c1-9-11(7-18(2)16-9)13-12(14)8-19(17-13)10-3-5-15-6-4-10/h3-8H,14H2,1-2H3. The number of rotatable bonds is 2. The highest BCUT2D eigenvalue weighted by molar-refractivity contribution is 5.73. The fraction of sp³-hybridized carbons (Fsp3) is 0.154. The van der Waals surface area contributed by atoms with Gasteiger partial charge in [-0.05, 0) is 19.1 Å². The number of anilines is 1. The predicted molar refractivity (Wildman–Crippen MR) is 72.7 cm³/mol. The van der Waals surface area contributed by atoms with Gasteiger partial charge < -0.3 is 5.73 Å². The molecule has 0 saturated heterocycles. The molecule has 6 heteroatoms. The number of pyridine rings is 1. The first-order valence-corrected chi connectivity index (χ1v) is 5.91. The van der Waals surface area contributed by atoms with Gasteiger partial charge in [-0.2, -0.15) is 10.2 Å². The van der Waals surface area contributed by atoms with E-state index in [2.05, 4.69) is 15.2 Å². The third-order valence-electron chi connectivity index (χ3n) is 2.94. The molecule has 0 radical (unpaired) electrons. The number of hydrogen-bond donors (Lipinski definition) is 1. The van der Waals surface area contributed by atoms with Crippen LogP contribution in [0.3, 0.4) is 0 Å². The summed E-state index contributed by atoms with van der Waals surface area (Å²) in [6, 6.07) is 3.76. The van der Waals surface area contributed by atoms with Gasteiger partial charge in [-0.3, -0.25) is 9.67 Å². The number of aryl methyl sites for hydroxylation is 2. The summed E-state index contributed by atoms with van der Waals surface area (Å²) in [5.74, 6) is 0. The molecule has 3 rings (SSSR count). The van der Waals surface area contributed by atoms with Crippen LogP contribution in [0.5, 0.6) is 0 Å². The van der Waals surface area contributed by atoms with Crippen LogP contribution in [0.15, 0.2) is 36.9 Å². The van der Waals surface area contributed by atoms with Crippen molar-refractivity contribution in [1.29, 1.82) is 0 Å². The Morgan fingerprint density at radius 1 is 1.11 bits per heavy atom. The van der Waals surface area contributed by atoms with Crippen LogP contribution >= 0.6 is 0 Å². The fourth-order valence-electron chi connectivity index (χ4n) is 2.06. The molecule has 0 bridgehead atoms. The second kappa shape index (κ2) is 4.24. The van der Waals surface area contributed by atoms with Crippen molar-refractivity contribution in [3.05, 3.63) is 42.6 Å². The van der Waals surface area contributed by atoms with Gasteiger partial charge in [-0.25, -0.2) is 4.68 Å². The van der Waals surface area contributed by atoms with Crippen molar-refractivity contribution >= 4 is 5.69 Å². The van der Waals surface area contributed by atoms with Gasteiger partial charge in [0.15, 0.2) is 0 Å². The minimum atomic E-state index is 0.632. The smallest absolute Gasteiger partial charge is 0.119 e. The maximum atomic E-state index is 6.05. The molecule has 6 nitrogen and oxygen atoms in total. The molecule has 0 spiro atoms. The van der Waals surface area contributed by atoms with Crippen molar-refractivity contribution in [3.63, 3.8) is 0 Å². The van der Waals surface area contributed by atoms with Crippen molar-refractivity contribution in [2.75, 3.05) is 5.73 Å². The Balaban J connectivity index is 2.10. The van der Waals surface area contributed by atoms with Crippen molar-refractivity contribution in [1.82, 2.24) is 24.5 Å². The largest absolute Gasteiger partial charge is 0.396 e. The highest BCUT2D eigenvalue weighted by atomic mass is 15.3. The summed E-state index contributed by atoms with van der Waals surface area (Å²) in [5, 5.41) is 8.85. The second-order valence-corrected chi connectivity index (χ2v) is 4.38. The Morgan fingerprint density at radius 3 is 2.47 bits per heavy atom. The monoisotopic (exact) mass is 254 g/mol. The molecule has 0 unspecified atom stereocenters. The van der Waals surface area contributed by atoms with Crippen molar-refractivity contribution in [2.45, 2.75) is 6.92 Å². The lowest BCUT2D eigenvalue weighted by Gasteiger charge is -1.98. The average molecular weight is 254 g/mol. The number of aromatic nitrogens is 5. The molecular formula is C13H14N6. The van der Waals surface area contributed by atoms with Crippen LogP contribution in [0.1, 0.15) is 5.69 Å². The first-order chi connectivity index (χ1) is 9.15. The van der Waals surface area contributed by atoms with E-state index < -0.39 is 0 Å². The molecule has 3 aromatic rings. The summed E-state index contributed by atoms with van der Waals surface area (Å²) in [6.45, 7) is 1.94. The van der Waals surface area contributed by atoms with Crippen LogP contribution < -0.4 is 5.73 Å². The quantitative estimate of drug-likeness (QED) is 0.753. The molecule has 0 aliphatic heterocycles. The second-order valence-electron chi connectivity index (χ2n) is 4.38. The van der Waals surface area contributed by atoms with Crippen molar-refractivity contribution < 1.29 is 0 Å². The molecule has 3 heterocycles. The number of nitrogens with zero attached hydrogens (tertiary/aromatic N) is 5. The molecule has 3 aromatic heterocycles. The molecule has 19 heavy (non-hydrogen) atoms. The number of nitrogen functional groups attached to an aromatic ring is 1. The van der Waals surface area contributed by atoms with Gasteiger partial charge in [0, 0.05) is 31.2 Å². The summed E-state index contributed by atoms with van der Waals surface area (Å²) in [5.41, 5.74) is 10.2. The molecule has 2 N–H and O–H groups in total. The zero-order chi connectivity index (χ0) is 13.4. The predicted octanol–water partition coefficient (Wildman–Crippen LogP) is 1.56. The lowest BCUT2D eigenvalue weighted by molar-refractivity contribution is 0.756. The highest BCUT2D eigenvalue weighted by Gasteiger charge is 2.14. The van der Waals surface area contributed by atoms with E-state index in [-0.39, 0.29) is 0 Å². The summed E-state index contributed by atoms with van der Waals surface area (Å²) >= 11 is 0. The number of nitrogens with two attached hydrogens (primary N) is 1. The van der Waals surface area contributed by atoms with Crippen LogP contribution in [-0.4, -0.2) is 24.5 Å². The first kappa shape index (κ1) is 11.5. The van der Waals surface area contributed by atoms with Crippen LogP contribution in [0.25, 0.3) is 16.9 Å². The van der Waals surface area contributed by atoms with Gasteiger partial charge in [0.05, 0.1) is 23.3 Å². The molecule has 0 fully saturated rings. The average Bonchev–Trinajstić information content (AvgIpc) is 2.93. The van der Waals surface area contributed by atoms with Crippen molar-refractivity contribution in [2.24, 2.45) is 7.05 Å². The van der Waals surface area contributed by atoms with E-state index in [4.69, 9.17) is 5.73 Å². The summed E-state index contributed by atoms with van der Waals surface area (Å²) in [7, 11) is 1.88. The maximum Gasteiger partial charge on any atom is 0.119 e. The SMILES string of the molecule is Cc1nn(C)cc1-c1nn(-c2ccncc2)cc1N. The third-order valence-corrected chi connectivity index (χ3v) is 2.94. The minimum absolute atomic E-state index is 0.632. The lowest BCUT2D eigenvalue weighted by Crippen LogP contribution is -1.94. The third kappa shape index (κ3) is 1.97. The topological polar surface area (TPSA) is 74.5 Å².